The summed E-state index contributed by atoms with van der Waals surface area (Å²) >= 11 is 0. The lowest BCUT2D eigenvalue weighted by molar-refractivity contribution is 0.0697. The van der Waals surface area contributed by atoms with Crippen LogP contribution in [-0.2, 0) is 4.74 Å². The van der Waals surface area contributed by atoms with Gasteiger partial charge in [-0.15, -0.1) is 0 Å². The van der Waals surface area contributed by atoms with Crippen LogP contribution in [0, 0.1) is 6.92 Å². The first kappa shape index (κ1) is 12.6. The van der Waals surface area contributed by atoms with Gasteiger partial charge in [-0.2, -0.15) is 0 Å². The average molecular weight is 248 g/mol. The van der Waals surface area contributed by atoms with Crippen molar-refractivity contribution in [3.63, 3.8) is 0 Å². The van der Waals surface area contributed by atoms with E-state index in [9.17, 15) is 4.79 Å². The van der Waals surface area contributed by atoms with Gasteiger partial charge in [0.15, 0.2) is 0 Å². The Kier molecular flexibility index (Phi) is 3.34. The fourth-order valence-corrected chi connectivity index (χ4v) is 2.22. The summed E-state index contributed by atoms with van der Waals surface area (Å²) in [6.45, 7) is 4.54. The number of rotatable bonds is 4. The minimum absolute atomic E-state index is 0.163. The molecule has 0 aliphatic carbocycles. The maximum Gasteiger partial charge on any atom is 0.335 e. The summed E-state index contributed by atoms with van der Waals surface area (Å²) < 4.78 is 7.21. The number of benzene rings is 1. The van der Waals surface area contributed by atoms with Crippen molar-refractivity contribution < 1.29 is 14.6 Å². The number of hydrogen-bond donors (Lipinski definition) is 1. The molecule has 1 heterocycles. The Morgan fingerprint density at radius 2 is 2.28 bits per heavy atom. The van der Waals surface area contributed by atoms with Crippen LogP contribution in [0.25, 0.3) is 11.0 Å². The smallest absolute Gasteiger partial charge is 0.335 e. The topological polar surface area (TPSA) is 64.4 Å². The van der Waals surface area contributed by atoms with Gasteiger partial charge < -0.3 is 14.4 Å². The van der Waals surface area contributed by atoms with E-state index in [0.717, 1.165) is 11.3 Å². The van der Waals surface area contributed by atoms with Crippen LogP contribution < -0.4 is 0 Å². The lowest BCUT2D eigenvalue weighted by atomic mass is 10.2. The molecule has 0 radical (unpaired) electrons. The van der Waals surface area contributed by atoms with E-state index in [1.807, 2.05) is 13.8 Å². The highest BCUT2D eigenvalue weighted by molar-refractivity contribution is 5.92. The van der Waals surface area contributed by atoms with Gasteiger partial charge in [-0.25, -0.2) is 9.78 Å². The predicted molar refractivity (Wildman–Crippen MR) is 68.0 cm³/mol. The first-order chi connectivity index (χ1) is 8.54. The van der Waals surface area contributed by atoms with Crippen LogP contribution in [0.1, 0.15) is 29.1 Å². The van der Waals surface area contributed by atoms with Crippen molar-refractivity contribution in [2.24, 2.45) is 0 Å². The molecule has 1 unspecified atom stereocenters. The third-order valence-corrected chi connectivity index (χ3v) is 2.96. The monoisotopic (exact) mass is 248 g/mol. The number of methoxy groups -OCH3 is 1. The zero-order valence-electron chi connectivity index (χ0n) is 10.7. The van der Waals surface area contributed by atoms with Gasteiger partial charge in [0.25, 0.3) is 0 Å². The molecule has 0 spiro atoms. The highest BCUT2D eigenvalue weighted by Gasteiger charge is 2.14. The van der Waals surface area contributed by atoms with Crippen molar-refractivity contribution in [3.8, 4) is 0 Å². The molecule has 0 aliphatic heterocycles. The molecule has 96 valence electrons. The third kappa shape index (κ3) is 2.09. The van der Waals surface area contributed by atoms with Crippen molar-refractivity contribution in [2.75, 3.05) is 13.7 Å². The summed E-state index contributed by atoms with van der Waals surface area (Å²) in [5, 5.41) is 8.96. The Morgan fingerprint density at radius 1 is 1.56 bits per heavy atom. The highest BCUT2D eigenvalue weighted by Crippen LogP contribution is 2.22. The van der Waals surface area contributed by atoms with Gasteiger partial charge in [-0.3, -0.25) is 0 Å². The molecule has 0 fully saturated rings. The number of imidazole rings is 1. The average Bonchev–Trinajstić information content (AvgIpc) is 2.63. The Balaban J connectivity index is 2.55. The van der Waals surface area contributed by atoms with E-state index in [-0.39, 0.29) is 11.6 Å². The summed E-state index contributed by atoms with van der Waals surface area (Å²) in [6, 6.07) is 5.16. The van der Waals surface area contributed by atoms with E-state index in [4.69, 9.17) is 9.84 Å². The van der Waals surface area contributed by atoms with Crippen molar-refractivity contribution in [1.29, 1.82) is 0 Å². The molecule has 0 saturated heterocycles. The molecule has 2 aromatic rings. The summed E-state index contributed by atoms with van der Waals surface area (Å²) in [5.74, 6) is -0.0777. The van der Waals surface area contributed by atoms with E-state index in [0.29, 0.717) is 12.1 Å². The lowest BCUT2D eigenvalue weighted by Crippen LogP contribution is -2.12. The van der Waals surface area contributed by atoms with Crippen LogP contribution in [0.3, 0.4) is 0 Å². The third-order valence-electron chi connectivity index (χ3n) is 2.96. The number of hydrogen-bond acceptors (Lipinski definition) is 3. The van der Waals surface area contributed by atoms with E-state index in [1.54, 1.807) is 25.3 Å². The number of carboxylic acid groups (broad SMARTS) is 1. The van der Waals surface area contributed by atoms with Crippen LogP contribution in [0.5, 0.6) is 0 Å². The molecule has 18 heavy (non-hydrogen) atoms. The lowest BCUT2D eigenvalue weighted by Gasteiger charge is -2.15. The van der Waals surface area contributed by atoms with Gasteiger partial charge in [0.05, 0.1) is 29.2 Å². The minimum Gasteiger partial charge on any atom is -0.478 e. The van der Waals surface area contributed by atoms with Crippen molar-refractivity contribution in [2.45, 2.75) is 19.9 Å². The minimum atomic E-state index is -0.936. The maximum absolute atomic E-state index is 10.9. The Bertz CT molecular complexity index is 589. The van der Waals surface area contributed by atoms with Crippen LogP contribution in [-0.4, -0.2) is 34.3 Å². The zero-order chi connectivity index (χ0) is 13.3. The molecule has 1 atom stereocenters. The summed E-state index contributed by atoms with van der Waals surface area (Å²) in [4.78, 5) is 15.3. The number of fused-ring (bicyclic) bond motifs is 1. The largest absolute Gasteiger partial charge is 0.478 e. The molecule has 2 rings (SSSR count). The SMILES string of the molecule is COCC(C)n1c(C)nc2cc(C(=O)O)ccc21. The number of aromatic carboxylic acids is 1. The van der Waals surface area contributed by atoms with Crippen LogP contribution in [0.2, 0.25) is 0 Å². The second kappa shape index (κ2) is 4.78. The quantitative estimate of drug-likeness (QED) is 0.901. The van der Waals surface area contributed by atoms with E-state index in [1.165, 1.54) is 0 Å². The predicted octanol–water partition coefficient (Wildman–Crippen LogP) is 2.25. The van der Waals surface area contributed by atoms with Gasteiger partial charge in [0.2, 0.25) is 0 Å². The maximum atomic E-state index is 10.9. The molecule has 5 heteroatoms. The fraction of sp³-hybridized carbons (Fsp3) is 0.385. The molecule has 1 aromatic carbocycles. The number of aryl methyl sites for hydroxylation is 1. The van der Waals surface area contributed by atoms with Gasteiger partial charge in [-0.1, -0.05) is 0 Å². The molecule has 0 bridgehead atoms. The second-order valence-electron chi connectivity index (χ2n) is 4.34. The first-order valence-corrected chi connectivity index (χ1v) is 5.75. The van der Waals surface area contributed by atoms with E-state index >= 15 is 0 Å². The van der Waals surface area contributed by atoms with Crippen LogP contribution in [0.15, 0.2) is 18.2 Å². The van der Waals surface area contributed by atoms with Crippen molar-refractivity contribution >= 4 is 17.0 Å². The normalized spacial score (nSPS) is 12.8. The molecular weight excluding hydrogens is 232 g/mol. The van der Waals surface area contributed by atoms with Crippen LogP contribution >= 0.6 is 0 Å². The van der Waals surface area contributed by atoms with E-state index < -0.39 is 5.97 Å². The molecule has 0 amide bonds. The molecule has 1 N–H and O–H groups in total. The fourth-order valence-electron chi connectivity index (χ4n) is 2.22. The molecule has 0 aliphatic rings. The van der Waals surface area contributed by atoms with E-state index in [2.05, 4.69) is 9.55 Å². The summed E-state index contributed by atoms with van der Waals surface area (Å²) in [6.07, 6.45) is 0. The van der Waals surface area contributed by atoms with Gasteiger partial charge in [0, 0.05) is 7.11 Å². The number of carboxylic acids is 1. The summed E-state index contributed by atoms with van der Waals surface area (Å²) in [5.41, 5.74) is 1.89. The number of carbonyl (C=O) groups is 1. The molecule has 5 nitrogen and oxygen atoms in total. The Hall–Kier alpha value is -1.88. The van der Waals surface area contributed by atoms with Gasteiger partial charge in [0.1, 0.15) is 5.82 Å². The number of aromatic nitrogens is 2. The zero-order valence-corrected chi connectivity index (χ0v) is 10.7. The molecule has 0 saturated carbocycles. The Morgan fingerprint density at radius 3 is 2.89 bits per heavy atom. The first-order valence-electron chi connectivity index (χ1n) is 5.75. The summed E-state index contributed by atoms with van der Waals surface area (Å²) in [7, 11) is 1.66. The van der Waals surface area contributed by atoms with Gasteiger partial charge in [-0.05, 0) is 32.0 Å². The standard InChI is InChI=1S/C13H16N2O3/c1-8(7-18-3)15-9(2)14-11-6-10(13(16)17)4-5-12(11)15/h4-6,8H,7H2,1-3H3,(H,16,17). The highest BCUT2D eigenvalue weighted by atomic mass is 16.5. The number of nitrogens with zero attached hydrogens (tertiary/aromatic N) is 2. The van der Waals surface area contributed by atoms with Crippen LogP contribution in [0.4, 0.5) is 0 Å². The van der Waals surface area contributed by atoms with Gasteiger partial charge >= 0.3 is 5.97 Å². The Labute approximate surface area is 105 Å². The second-order valence-corrected chi connectivity index (χ2v) is 4.34. The van der Waals surface area contributed by atoms with Crippen molar-refractivity contribution in [3.05, 3.63) is 29.6 Å². The molecular formula is C13H16N2O3. The number of ether oxygens (including phenoxy) is 1. The molecule has 1 aromatic heterocycles. The van der Waals surface area contributed by atoms with Crippen molar-refractivity contribution in [1.82, 2.24) is 9.55 Å².